The summed E-state index contributed by atoms with van der Waals surface area (Å²) >= 11 is 3.09. The zero-order chi connectivity index (χ0) is 22.5. The van der Waals surface area contributed by atoms with Crippen molar-refractivity contribution in [3.05, 3.63) is 94.3 Å². The molecule has 5 nitrogen and oxygen atoms in total. The smallest absolute Gasteiger partial charge is 0.274 e. The van der Waals surface area contributed by atoms with Crippen LogP contribution in [0.1, 0.15) is 41.5 Å². The number of nitrogens with zero attached hydrogens (tertiary/aromatic N) is 2. The van der Waals surface area contributed by atoms with Crippen molar-refractivity contribution in [1.82, 2.24) is 9.88 Å². The molecule has 0 saturated carbocycles. The predicted octanol–water partition coefficient (Wildman–Crippen LogP) is 6.23. The largest absolute Gasteiger partial charge is 0.326 e. The van der Waals surface area contributed by atoms with Crippen molar-refractivity contribution < 1.29 is 9.59 Å². The third kappa shape index (κ3) is 5.12. The van der Waals surface area contributed by atoms with Crippen LogP contribution in [0.4, 0.5) is 5.69 Å². The molecule has 0 aliphatic heterocycles. The third-order valence-corrected chi connectivity index (χ3v) is 6.95. The number of hydrogen-bond donors (Lipinski definition) is 1. The summed E-state index contributed by atoms with van der Waals surface area (Å²) in [7, 11) is 0. The Labute approximate surface area is 195 Å². The maximum Gasteiger partial charge on any atom is 0.274 e. The Kier molecular flexibility index (Phi) is 6.78. The van der Waals surface area contributed by atoms with Crippen molar-refractivity contribution in [2.45, 2.75) is 26.4 Å². The molecule has 2 aromatic heterocycles. The number of amides is 2. The van der Waals surface area contributed by atoms with Gasteiger partial charge in [-0.05, 0) is 41.6 Å². The molecule has 0 aliphatic rings. The fourth-order valence-electron chi connectivity index (χ4n) is 3.46. The van der Waals surface area contributed by atoms with E-state index in [0.717, 1.165) is 21.0 Å². The molecule has 2 aromatic carbocycles. The zero-order valence-electron chi connectivity index (χ0n) is 17.8. The summed E-state index contributed by atoms with van der Waals surface area (Å²) in [6, 6.07) is 21.3. The Morgan fingerprint density at radius 1 is 1.03 bits per heavy atom. The van der Waals surface area contributed by atoms with E-state index < -0.39 is 0 Å². The first-order valence-corrected chi connectivity index (χ1v) is 12.0. The molecule has 2 heterocycles. The Morgan fingerprint density at radius 2 is 1.84 bits per heavy atom. The van der Waals surface area contributed by atoms with Crippen LogP contribution in [0.15, 0.2) is 77.5 Å². The van der Waals surface area contributed by atoms with Gasteiger partial charge in [0.1, 0.15) is 10.7 Å². The van der Waals surface area contributed by atoms with E-state index in [1.807, 2.05) is 89.3 Å². The lowest BCUT2D eigenvalue weighted by Gasteiger charge is -2.29. The van der Waals surface area contributed by atoms with Crippen LogP contribution in [-0.4, -0.2) is 21.7 Å². The highest BCUT2D eigenvalue weighted by Crippen LogP contribution is 2.31. The molecule has 0 aliphatic carbocycles. The molecule has 1 atom stereocenters. The van der Waals surface area contributed by atoms with Gasteiger partial charge in [-0.3, -0.25) is 9.59 Å². The van der Waals surface area contributed by atoms with Crippen LogP contribution in [-0.2, 0) is 11.3 Å². The van der Waals surface area contributed by atoms with Gasteiger partial charge in [-0.25, -0.2) is 4.98 Å². The number of thiazole rings is 1. The minimum absolute atomic E-state index is 0.120. The second-order valence-electron chi connectivity index (χ2n) is 7.42. The normalized spacial score (nSPS) is 11.7. The Hall–Kier alpha value is -3.29. The van der Waals surface area contributed by atoms with E-state index in [-0.39, 0.29) is 17.9 Å². The molecule has 0 bridgehead atoms. The van der Waals surface area contributed by atoms with E-state index in [4.69, 9.17) is 0 Å². The van der Waals surface area contributed by atoms with Crippen LogP contribution < -0.4 is 5.32 Å². The summed E-state index contributed by atoms with van der Waals surface area (Å²) in [6.45, 7) is 3.94. The lowest BCUT2D eigenvalue weighted by atomic mass is 10.0. The van der Waals surface area contributed by atoms with Gasteiger partial charge in [0.25, 0.3) is 5.91 Å². The highest BCUT2D eigenvalue weighted by Gasteiger charge is 2.25. The topological polar surface area (TPSA) is 62.3 Å². The summed E-state index contributed by atoms with van der Waals surface area (Å²) in [6.07, 6.45) is 0. The second kappa shape index (κ2) is 9.89. The van der Waals surface area contributed by atoms with E-state index in [1.54, 1.807) is 11.3 Å². The second-order valence-corrected chi connectivity index (χ2v) is 9.22. The number of rotatable bonds is 7. The number of nitrogens with one attached hydrogen (secondary N) is 1. The third-order valence-electron chi connectivity index (χ3n) is 5.07. The van der Waals surface area contributed by atoms with Gasteiger partial charge >= 0.3 is 0 Å². The lowest BCUT2D eigenvalue weighted by Crippen LogP contribution is -2.33. The molecule has 4 rings (SSSR count). The SMILES string of the molecule is CC(=O)Nc1cccc(C(C)N(Cc2ccccc2)C(=O)c2csc(-c3cccs3)n2)c1. The number of carbonyl (C=O) groups is 2. The van der Waals surface area contributed by atoms with Gasteiger partial charge in [0.15, 0.2) is 0 Å². The fraction of sp³-hybridized carbons (Fsp3) is 0.160. The highest BCUT2D eigenvalue weighted by molar-refractivity contribution is 7.20. The lowest BCUT2D eigenvalue weighted by molar-refractivity contribution is -0.114. The first-order chi connectivity index (χ1) is 15.5. The van der Waals surface area contributed by atoms with E-state index >= 15 is 0 Å². The van der Waals surface area contributed by atoms with Crippen LogP contribution in [0.25, 0.3) is 9.88 Å². The number of thiophene rings is 1. The molecule has 0 spiro atoms. The van der Waals surface area contributed by atoms with Gasteiger partial charge in [0.05, 0.1) is 10.9 Å². The Morgan fingerprint density at radius 3 is 2.56 bits per heavy atom. The van der Waals surface area contributed by atoms with Crippen molar-refractivity contribution in [2.24, 2.45) is 0 Å². The minimum Gasteiger partial charge on any atom is -0.326 e. The van der Waals surface area contributed by atoms with Crippen molar-refractivity contribution in [2.75, 3.05) is 5.32 Å². The van der Waals surface area contributed by atoms with E-state index in [9.17, 15) is 9.59 Å². The Balaban J connectivity index is 1.65. The number of anilines is 1. The van der Waals surface area contributed by atoms with E-state index in [2.05, 4.69) is 10.3 Å². The molecule has 162 valence electrons. The number of carbonyl (C=O) groups excluding carboxylic acids is 2. The monoisotopic (exact) mass is 461 g/mol. The molecule has 1 N–H and O–H groups in total. The molecule has 0 fully saturated rings. The molecular weight excluding hydrogens is 438 g/mol. The summed E-state index contributed by atoms with van der Waals surface area (Å²) in [5.41, 5.74) is 3.13. The fourth-order valence-corrected chi connectivity index (χ4v) is 5.06. The minimum atomic E-state index is -0.219. The summed E-state index contributed by atoms with van der Waals surface area (Å²) < 4.78 is 0. The summed E-state index contributed by atoms with van der Waals surface area (Å²) in [5.74, 6) is -0.249. The highest BCUT2D eigenvalue weighted by atomic mass is 32.1. The maximum absolute atomic E-state index is 13.6. The van der Waals surface area contributed by atoms with Crippen molar-refractivity contribution >= 4 is 40.2 Å². The van der Waals surface area contributed by atoms with Crippen molar-refractivity contribution in [3.63, 3.8) is 0 Å². The van der Waals surface area contributed by atoms with E-state index in [1.165, 1.54) is 18.3 Å². The van der Waals surface area contributed by atoms with Gasteiger partial charge in [0, 0.05) is 24.5 Å². The van der Waals surface area contributed by atoms with Gasteiger partial charge in [-0.2, -0.15) is 0 Å². The average Bonchev–Trinajstić information content (AvgIpc) is 3.49. The average molecular weight is 462 g/mol. The van der Waals surface area contributed by atoms with Gasteiger partial charge in [-0.1, -0.05) is 48.5 Å². The maximum atomic E-state index is 13.6. The zero-order valence-corrected chi connectivity index (χ0v) is 19.5. The molecule has 4 aromatic rings. The van der Waals surface area contributed by atoms with Crippen molar-refractivity contribution in [1.29, 1.82) is 0 Å². The first kappa shape index (κ1) is 21.9. The standard InChI is InChI=1S/C25H23N3O2S2/c1-17(20-10-6-11-21(14-20)26-18(2)29)28(15-19-8-4-3-5-9-19)25(30)22-16-32-24(27-22)23-12-7-13-31-23/h3-14,16-17H,15H2,1-2H3,(H,26,29). The molecule has 1 unspecified atom stereocenters. The quantitative estimate of drug-likeness (QED) is 0.355. The Bertz CT molecular complexity index is 1200. The molecule has 2 amide bonds. The number of hydrogen-bond acceptors (Lipinski definition) is 5. The molecule has 7 heteroatoms. The predicted molar refractivity (Wildman–Crippen MR) is 131 cm³/mol. The van der Waals surface area contributed by atoms with Crippen LogP contribution in [0, 0.1) is 0 Å². The van der Waals surface area contributed by atoms with Crippen molar-refractivity contribution in [3.8, 4) is 9.88 Å². The molecule has 0 radical (unpaired) electrons. The van der Waals surface area contributed by atoms with Crippen LogP contribution >= 0.6 is 22.7 Å². The van der Waals surface area contributed by atoms with Crippen LogP contribution in [0.2, 0.25) is 0 Å². The summed E-state index contributed by atoms with van der Waals surface area (Å²) in [5, 5.41) is 7.50. The van der Waals surface area contributed by atoms with E-state index in [0.29, 0.717) is 17.9 Å². The number of aromatic nitrogens is 1. The molecule has 0 saturated heterocycles. The van der Waals surface area contributed by atoms with Crippen LogP contribution in [0.5, 0.6) is 0 Å². The van der Waals surface area contributed by atoms with Gasteiger partial charge < -0.3 is 10.2 Å². The first-order valence-electron chi connectivity index (χ1n) is 10.2. The van der Waals surface area contributed by atoms with Crippen LogP contribution in [0.3, 0.4) is 0 Å². The summed E-state index contributed by atoms with van der Waals surface area (Å²) in [4.78, 5) is 32.6. The molecule has 32 heavy (non-hydrogen) atoms. The molecular formula is C25H23N3O2S2. The van der Waals surface area contributed by atoms with Gasteiger partial charge in [0.2, 0.25) is 5.91 Å². The number of benzene rings is 2. The van der Waals surface area contributed by atoms with Gasteiger partial charge in [-0.15, -0.1) is 22.7 Å².